The number of halogens is 1. The molecule has 1 saturated heterocycles. The lowest BCUT2D eigenvalue weighted by atomic mass is 10.3. The fourth-order valence-electron chi connectivity index (χ4n) is 1.98. The minimum absolute atomic E-state index is 0. The molecule has 1 unspecified atom stereocenters. The van der Waals surface area contributed by atoms with Crippen molar-refractivity contribution < 1.29 is 0 Å². The van der Waals surface area contributed by atoms with E-state index in [1.165, 1.54) is 11.3 Å². The summed E-state index contributed by atoms with van der Waals surface area (Å²) in [5.74, 6) is 0. The van der Waals surface area contributed by atoms with E-state index in [4.69, 9.17) is 5.73 Å². The molecular weight excluding hydrogens is 246 g/mol. The van der Waals surface area contributed by atoms with Gasteiger partial charge in [-0.15, -0.1) is 12.4 Å². The van der Waals surface area contributed by atoms with E-state index >= 15 is 0 Å². The van der Waals surface area contributed by atoms with Gasteiger partial charge in [-0.3, -0.25) is 9.69 Å². The molecule has 2 heterocycles. The monoisotopic (exact) mass is 263 g/mol. The Morgan fingerprint density at radius 2 is 2.31 bits per heavy atom. The molecule has 1 fully saturated rings. The van der Waals surface area contributed by atoms with Crippen molar-refractivity contribution in [1.82, 2.24) is 9.47 Å². The Morgan fingerprint density at radius 1 is 1.56 bits per heavy atom. The van der Waals surface area contributed by atoms with Gasteiger partial charge in [-0.1, -0.05) is 11.3 Å². The molecule has 6 heteroatoms. The van der Waals surface area contributed by atoms with Crippen molar-refractivity contribution in [3.05, 3.63) is 20.7 Å². The molecule has 0 radical (unpaired) electrons. The normalized spacial score (nSPS) is 21.0. The smallest absolute Gasteiger partial charge is 0.307 e. The number of hydrogen-bond acceptors (Lipinski definition) is 4. The zero-order valence-electron chi connectivity index (χ0n) is 9.39. The third kappa shape index (κ3) is 3.07. The topological polar surface area (TPSA) is 51.3 Å². The highest BCUT2D eigenvalue weighted by atomic mass is 35.5. The maximum Gasteiger partial charge on any atom is 0.307 e. The first-order valence-electron chi connectivity index (χ1n) is 5.29. The molecule has 0 saturated carbocycles. The van der Waals surface area contributed by atoms with Crippen molar-refractivity contribution in [2.45, 2.75) is 25.9 Å². The van der Waals surface area contributed by atoms with Crippen LogP contribution >= 0.6 is 23.7 Å². The Hall–Kier alpha value is -0.360. The summed E-state index contributed by atoms with van der Waals surface area (Å²) in [6.45, 7) is 5.75. The van der Waals surface area contributed by atoms with Crippen molar-refractivity contribution >= 4 is 23.7 Å². The van der Waals surface area contributed by atoms with E-state index in [0.29, 0.717) is 6.04 Å². The highest BCUT2D eigenvalue weighted by Gasteiger charge is 2.18. The van der Waals surface area contributed by atoms with Crippen LogP contribution < -0.4 is 10.6 Å². The summed E-state index contributed by atoms with van der Waals surface area (Å²) >= 11 is 1.28. The number of nitrogens with two attached hydrogens (primary N) is 1. The highest BCUT2D eigenvalue weighted by Crippen LogP contribution is 2.07. The quantitative estimate of drug-likeness (QED) is 0.872. The molecule has 0 bridgehead atoms. The summed E-state index contributed by atoms with van der Waals surface area (Å²) in [4.78, 5) is 13.9. The van der Waals surface area contributed by atoms with Gasteiger partial charge in [-0.2, -0.15) is 0 Å². The molecular formula is C10H18ClN3OS. The lowest BCUT2D eigenvalue weighted by Crippen LogP contribution is -2.31. The average Bonchev–Trinajstić information content (AvgIpc) is 2.73. The molecule has 2 N–H and O–H groups in total. The van der Waals surface area contributed by atoms with Crippen LogP contribution in [0.4, 0.5) is 0 Å². The first-order valence-corrected chi connectivity index (χ1v) is 6.17. The van der Waals surface area contributed by atoms with Gasteiger partial charge in [0.25, 0.3) is 0 Å². The number of likely N-dealkylation sites (tertiary alicyclic amines) is 1. The number of thiazole rings is 1. The predicted molar refractivity (Wildman–Crippen MR) is 69.6 cm³/mol. The Morgan fingerprint density at radius 3 is 2.81 bits per heavy atom. The van der Waals surface area contributed by atoms with Crippen molar-refractivity contribution in [2.24, 2.45) is 5.73 Å². The van der Waals surface area contributed by atoms with Gasteiger partial charge in [-0.05, 0) is 19.9 Å². The van der Waals surface area contributed by atoms with Crippen LogP contribution in [0.3, 0.4) is 0 Å². The highest BCUT2D eigenvalue weighted by molar-refractivity contribution is 7.07. The first kappa shape index (κ1) is 13.7. The van der Waals surface area contributed by atoms with E-state index in [2.05, 4.69) is 4.90 Å². The summed E-state index contributed by atoms with van der Waals surface area (Å²) in [7, 11) is 0. The minimum Gasteiger partial charge on any atom is -0.326 e. The summed E-state index contributed by atoms with van der Waals surface area (Å²) in [6, 6.07) is 0.324. The molecule has 0 amide bonds. The van der Waals surface area contributed by atoms with Crippen molar-refractivity contribution in [1.29, 1.82) is 0 Å². The average molecular weight is 264 g/mol. The largest absolute Gasteiger partial charge is 0.326 e. The first-order chi connectivity index (χ1) is 7.16. The number of aromatic nitrogens is 1. The molecule has 1 aliphatic heterocycles. The van der Waals surface area contributed by atoms with Crippen LogP contribution in [-0.4, -0.2) is 35.1 Å². The Bertz CT molecular complexity index is 390. The second kappa shape index (κ2) is 5.82. The van der Waals surface area contributed by atoms with Gasteiger partial charge < -0.3 is 10.3 Å². The molecule has 0 spiro atoms. The minimum atomic E-state index is 0. The fraction of sp³-hybridized carbons (Fsp3) is 0.700. The maximum absolute atomic E-state index is 11.4. The second-order valence-corrected chi connectivity index (χ2v) is 4.96. The van der Waals surface area contributed by atoms with Gasteiger partial charge in [0.05, 0.1) is 0 Å². The third-order valence-electron chi connectivity index (χ3n) is 2.93. The van der Waals surface area contributed by atoms with E-state index in [1.807, 2.05) is 16.9 Å². The summed E-state index contributed by atoms with van der Waals surface area (Å²) in [5.41, 5.74) is 6.89. The number of rotatable bonds is 3. The molecule has 0 aromatic carbocycles. The van der Waals surface area contributed by atoms with Crippen LogP contribution in [0, 0.1) is 6.92 Å². The van der Waals surface area contributed by atoms with Crippen LogP contribution in [0.1, 0.15) is 12.1 Å². The number of nitrogens with zero attached hydrogens (tertiary/aromatic N) is 2. The Labute approximate surface area is 105 Å². The van der Waals surface area contributed by atoms with Crippen molar-refractivity contribution in [3.63, 3.8) is 0 Å². The molecule has 4 nitrogen and oxygen atoms in total. The van der Waals surface area contributed by atoms with Gasteiger partial charge in [0.1, 0.15) is 0 Å². The summed E-state index contributed by atoms with van der Waals surface area (Å²) in [5, 5.41) is 1.91. The van der Waals surface area contributed by atoms with Crippen LogP contribution in [0.5, 0.6) is 0 Å². The van der Waals surface area contributed by atoms with E-state index in [9.17, 15) is 4.79 Å². The van der Waals surface area contributed by atoms with Gasteiger partial charge in [0.15, 0.2) is 0 Å². The zero-order chi connectivity index (χ0) is 10.8. The summed E-state index contributed by atoms with van der Waals surface area (Å²) < 4.78 is 1.84. The van der Waals surface area contributed by atoms with Crippen LogP contribution in [0.2, 0.25) is 0 Å². The molecule has 1 aromatic heterocycles. The Kier molecular flexibility index (Phi) is 4.98. The molecule has 1 aliphatic rings. The molecule has 0 aliphatic carbocycles. The zero-order valence-corrected chi connectivity index (χ0v) is 11.0. The van der Waals surface area contributed by atoms with Gasteiger partial charge in [0, 0.05) is 36.8 Å². The van der Waals surface area contributed by atoms with Gasteiger partial charge in [0.2, 0.25) is 0 Å². The van der Waals surface area contributed by atoms with Crippen LogP contribution in [0.25, 0.3) is 0 Å². The van der Waals surface area contributed by atoms with Crippen molar-refractivity contribution in [2.75, 3.05) is 19.6 Å². The number of hydrogen-bond donors (Lipinski definition) is 1. The molecule has 16 heavy (non-hydrogen) atoms. The lowest BCUT2D eigenvalue weighted by molar-refractivity contribution is 0.316. The Balaban J connectivity index is 0.00000128. The predicted octanol–water partition coefficient (Wildman–Crippen LogP) is 0.673. The SMILES string of the molecule is Cc1csc(=O)n1CCN1CCC(N)C1.Cl. The molecule has 2 rings (SSSR count). The number of aryl methyl sites for hydroxylation is 1. The van der Waals surface area contributed by atoms with Gasteiger partial charge >= 0.3 is 4.87 Å². The lowest BCUT2D eigenvalue weighted by Gasteiger charge is -2.15. The van der Waals surface area contributed by atoms with Crippen LogP contribution in [-0.2, 0) is 6.54 Å². The fourth-order valence-corrected chi connectivity index (χ4v) is 2.74. The third-order valence-corrected chi connectivity index (χ3v) is 3.81. The summed E-state index contributed by atoms with van der Waals surface area (Å²) in [6.07, 6.45) is 1.08. The van der Waals surface area contributed by atoms with Crippen LogP contribution in [0.15, 0.2) is 10.2 Å². The maximum atomic E-state index is 11.4. The molecule has 92 valence electrons. The van der Waals surface area contributed by atoms with E-state index in [-0.39, 0.29) is 17.3 Å². The molecule has 1 aromatic rings. The van der Waals surface area contributed by atoms with Gasteiger partial charge in [-0.25, -0.2) is 0 Å². The standard InChI is InChI=1S/C10H17N3OS.ClH/c1-8-7-15-10(14)13(8)5-4-12-3-2-9(11)6-12;/h7,9H,2-6,11H2,1H3;1H. The van der Waals surface area contributed by atoms with Crippen molar-refractivity contribution in [3.8, 4) is 0 Å². The second-order valence-electron chi connectivity index (χ2n) is 4.14. The van der Waals surface area contributed by atoms with E-state index in [1.54, 1.807) is 0 Å². The van der Waals surface area contributed by atoms with E-state index < -0.39 is 0 Å². The van der Waals surface area contributed by atoms with E-state index in [0.717, 1.165) is 38.3 Å². The molecule has 1 atom stereocenters.